The number of nitrogens with zero attached hydrogens (tertiary/aromatic N) is 1. The fraction of sp³-hybridized carbons (Fsp3) is 0.444. The first-order chi connectivity index (χ1) is 5.62. The Balaban J connectivity index is 2.45. The highest BCUT2D eigenvalue weighted by Gasteiger charge is 2.42. The van der Waals surface area contributed by atoms with Gasteiger partial charge >= 0.3 is 0 Å². The van der Waals surface area contributed by atoms with Gasteiger partial charge in [-0.05, 0) is 47.3 Å². The van der Waals surface area contributed by atoms with Crippen LogP contribution < -0.4 is 5.73 Å². The second kappa shape index (κ2) is 2.54. The van der Waals surface area contributed by atoms with Crippen molar-refractivity contribution >= 4 is 15.9 Å². The molecule has 12 heavy (non-hydrogen) atoms. The van der Waals surface area contributed by atoms with Crippen LogP contribution in [-0.2, 0) is 5.54 Å². The van der Waals surface area contributed by atoms with E-state index in [0.717, 1.165) is 23.0 Å². The highest BCUT2D eigenvalue weighted by molar-refractivity contribution is 9.10. The molecule has 2 rings (SSSR count). The zero-order valence-corrected chi connectivity index (χ0v) is 8.56. The minimum absolute atomic E-state index is 0.106. The minimum Gasteiger partial charge on any atom is -0.320 e. The van der Waals surface area contributed by atoms with E-state index in [2.05, 4.69) is 33.9 Å². The van der Waals surface area contributed by atoms with Crippen LogP contribution in [0, 0.1) is 6.92 Å². The van der Waals surface area contributed by atoms with Crippen molar-refractivity contribution in [2.45, 2.75) is 25.3 Å². The quantitative estimate of drug-likeness (QED) is 0.797. The van der Waals surface area contributed by atoms with Gasteiger partial charge in [-0.15, -0.1) is 0 Å². The van der Waals surface area contributed by atoms with E-state index < -0.39 is 0 Å². The van der Waals surface area contributed by atoms with Crippen molar-refractivity contribution in [2.75, 3.05) is 0 Å². The highest BCUT2D eigenvalue weighted by atomic mass is 79.9. The number of nitrogens with two attached hydrogens (primary N) is 1. The molecule has 0 aliphatic heterocycles. The van der Waals surface area contributed by atoms with Crippen LogP contribution in [0.3, 0.4) is 0 Å². The van der Waals surface area contributed by atoms with Gasteiger partial charge in [0.2, 0.25) is 0 Å². The lowest BCUT2D eigenvalue weighted by molar-refractivity contribution is 0.699. The number of rotatable bonds is 1. The summed E-state index contributed by atoms with van der Waals surface area (Å²) in [6.07, 6.45) is 3.96. The van der Waals surface area contributed by atoms with Gasteiger partial charge in [0.15, 0.2) is 0 Å². The van der Waals surface area contributed by atoms with Crippen molar-refractivity contribution < 1.29 is 0 Å². The van der Waals surface area contributed by atoms with Crippen LogP contribution >= 0.6 is 15.9 Å². The molecule has 0 bridgehead atoms. The number of hydrogen-bond acceptors (Lipinski definition) is 2. The van der Waals surface area contributed by atoms with Gasteiger partial charge in [-0.25, -0.2) is 0 Å². The summed E-state index contributed by atoms with van der Waals surface area (Å²) in [7, 11) is 0. The van der Waals surface area contributed by atoms with E-state index >= 15 is 0 Å². The van der Waals surface area contributed by atoms with Crippen molar-refractivity contribution in [3.8, 4) is 0 Å². The summed E-state index contributed by atoms with van der Waals surface area (Å²) < 4.78 is 1.02. The zero-order chi connectivity index (χ0) is 8.77. The molecule has 2 N–H and O–H groups in total. The van der Waals surface area contributed by atoms with Crippen molar-refractivity contribution in [1.82, 2.24) is 4.98 Å². The highest BCUT2D eigenvalue weighted by Crippen LogP contribution is 2.43. The number of hydrogen-bond donors (Lipinski definition) is 1. The molecule has 1 fully saturated rings. The Kier molecular flexibility index (Phi) is 1.73. The van der Waals surface area contributed by atoms with Crippen LogP contribution in [0.5, 0.6) is 0 Å². The van der Waals surface area contributed by atoms with Crippen LogP contribution in [0.4, 0.5) is 0 Å². The molecule has 1 aliphatic rings. The van der Waals surface area contributed by atoms with Gasteiger partial charge in [0.05, 0.1) is 11.2 Å². The standard InChI is InChI=1S/C9H11BrN2/c1-6-4-7(10)5-12-8(6)9(11)2-3-9/h4-5H,2-3,11H2,1H3. The molecular weight excluding hydrogens is 216 g/mol. The lowest BCUT2D eigenvalue weighted by Gasteiger charge is -2.10. The number of pyridine rings is 1. The first-order valence-corrected chi connectivity index (χ1v) is 4.83. The Hall–Kier alpha value is -0.410. The molecule has 0 aromatic carbocycles. The maximum atomic E-state index is 6.04. The summed E-state index contributed by atoms with van der Waals surface area (Å²) in [5, 5.41) is 0. The Bertz CT molecular complexity index is 318. The third-order valence-electron chi connectivity index (χ3n) is 2.31. The van der Waals surface area contributed by atoms with Gasteiger partial charge in [0.25, 0.3) is 0 Å². The molecular formula is C9H11BrN2. The molecule has 0 saturated heterocycles. The Morgan fingerprint density at radius 1 is 1.58 bits per heavy atom. The molecule has 0 unspecified atom stereocenters. The summed E-state index contributed by atoms with van der Waals surface area (Å²) in [6.45, 7) is 2.06. The number of halogens is 1. The molecule has 0 spiro atoms. The van der Waals surface area contributed by atoms with E-state index in [1.807, 2.05) is 6.20 Å². The summed E-state index contributed by atoms with van der Waals surface area (Å²) in [5.41, 5.74) is 8.18. The molecule has 1 aliphatic carbocycles. The van der Waals surface area contributed by atoms with E-state index in [1.165, 1.54) is 5.56 Å². The normalized spacial score (nSPS) is 19.2. The maximum absolute atomic E-state index is 6.04. The van der Waals surface area contributed by atoms with Crippen molar-refractivity contribution in [1.29, 1.82) is 0 Å². The Labute approximate surface area is 80.3 Å². The van der Waals surface area contributed by atoms with Gasteiger partial charge in [-0.2, -0.15) is 0 Å². The summed E-state index contributed by atoms with van der Waals surface area (Å²) in [6, 6.07) is 2.06. The monoisotopic (exact) mass is 226 g/mol. The van der Waals surface area contributed by atoms with Crippen molar-refractivity contribution in [3.63, 3.8) is 0 Å². The number of aromatic nitrogens is 1. The topological polar surface area (TPSA) is 38.9 Å². The average Bonchev–Trinajstić information content (AvgIpc) is 2.68. The Morgan fingerprint density at radius 3 is 2.75 bits per heavy atom. The summed E-state index contributed by atoms with van der Waals surface area (Å²) in [5.74, 6) is 0. The second-order valence-electron chi connectivity index (χ2n) is 3.48. The van der Waals surface area contributed by atoms with E-state index in [9.17, 15) is 0 Å². The predicted octanol–water partition coefficient (Wildman–Crippen LogP) is 2.10. The van der Waals surface area contributed by atoms with Crippen LogP contribution in [0.1, 0.15) is 24.1 Å². The third kappa shape index (κ3) is 1.27. The summed E-state index contributed by atoms with van der Waals surface area (Å²) in [4.78, 5) is 4.34. The molecule has 2 nitrogen and oxygen atoms in total. The molecule has 1 saturated carbocycles. The lowest BCUT2D eigenvalue weighted by atomic mass is 10.1. The van der Waals surface area contributed by atoms with Crippen molar-refractivity contribution in [2.24, 2.45) is 5.73 Å². The molecule has 0 amide bonds. The van der Waals surface area contributed by atoms with E-state index in [0.29, 0.717) is 0 Å². The van der Waals surface area contributed by atoms with Crippen molar-refractivity contribution in [3.05, 3.63) is 28.0 Å². The molecule has 0 atom stereocenters. The minimum atomic E-state index is -0.106. The van der Waals surface area contributed by atoms with Gasteiger partial charge < -0.3 is 5.73 Å². The van der Waals surface area contributed by atoms with Crippen LogP contribution in [0.15, 0.2) is 16.7 Å². The number of aryl methyl sites for hydroxylation is 1. The SMILES string of the molecule is Cc1cc(Br)cnc1C1(N)CC1. The fourth-order valence-corrected chi connectivity index (χ4v) is 1.88. The molecule has 0 radical (unpaired) electrons. The van der Waals surface area contributed by atoms with Gasteiger partial charge in [0.1, 0.15) is 0 Å². The lowest BCUT2D eigenvalue weighted by Crippen LogP contribution is -2.21. The molecule has 64 valence electrons. The van der Waals surface area contributed by atoms with Crippen LogP contribution in [0.25, 0.3) is 0 Å². The predicted molar refractivity (Wildman–Crippen MR) is 51.8 cm³/mol. The smallest absolute Gasteiger partial charge is 0.0632 e. The van der Waals surface area contributed by atoms with E-state index in [4.69, 9.17) is 5.73 Å². The summed E-state index contributed by atoms with van der Waals surface area (Å²) >= 11 is 3.38. The largest absolute Gasteiger partial charge is 0.320 e. The second-order valence-corrected chi connectivity index (χ2v) is 4.39. The van der Waals surface area contributed by atoms with Gasteiger partial charge in [0, 0.05) is 10.7 Å². The van der Waals surface area contributed by atoms with E-state index in [-0.39, 0.29) is 5.54 Å². The zero-order valence-electron chi connectivity index (χ0n) is 6.97. The fourth-order valence-electron chi connectivity index (χ4n) is 1.43. The van der Waals surface area contributed by atoms with Crippen LogP contribution in [-0.4, -0.2) is 4.98 Å². The Morgan fingerprint density at radius 2 is 2.25 bits per heavy atom. The maximum Gasteiger partial charge on any atom is 0.0632 e. The molecule has 1 aromatic rings. The van der Waals surface area contributed by atoms with E-state index in [1.54, 1.807) is 0 Å². The molecule has 1 aromatic heterocycles. The first kappa shape index (κ1) is 8.20. The third-order valence-corrected chi connectivity index (χ3v) is 2.74. The average molecular weight is 227 g/mol. The first-order valence-electron chi connectivity index (χ1n) is 4.03. The molecule has 1 heterocycles. The van der Waals surface area contributed by atoms with Gasteiger partial charge in [-0.1, -0.05) is 0 Å². The molecule has 3 heteroatoms. The van der Waals surface area contributed by atoms with Gasteiger partial charge in [-0.3, -0.25) is 4.98 Å². The van der Waals surface area contributed by atoms with Crippen LogP contribution in [0.2, 0.25) is 0 Å².